The standard InChI is InChI=1S/C15H20N2O4/c18-13(14(19)20)7-8-16-15(21)17-9-3-6-11-4-1-2-5-12(11)10-17/h1-2,4-5,13,18H,3,6-10H2,(H,16,21)(H,19,20). The van der Waals surface area contributed by atoms with Crippen LogP contribution in [0.5, 0.6) is 0 Å². The number of hydrogen-bond donors (Lipinski definition) is 3. The number of carbonyl (C=O) groups excluding carboxylic acids is 1. The fourth-order valence-electron chi connectivity index (χ4n) is 2.43. The molecule has 2 rings (SSSR count). The van der Waals surface area contributed by atoms with Gasteiger partial charge in [0.25, 0.3) is 0 Å². The fourth-order valence-corrected chi connectivity index (χ4v) is 2.43. The van der Waals surface area contributed by atoms with Crippen molar-refractivity contribution < 1.29 is 19.8 Å². The first kappa shape index (κ1) is 15.3. The number of carboxylic acids is 1. The first-order valence-corrected chi connectivity index (χ1v) is 7.08. The smallest absolute Gasteiger partial charge is 0.332 e. The van der Waals surface area contributed by atoms with Gasteiger partial charge >= 0.3 is 12.0 Å². The second-order valence-corrected chi connectivity index (χ2v) is 5.17. The van der Waals surface area contributed by atoms with Gasteiger partial charge in [-0.15, -0.1) is 0 Å². The number of aliphatic hydroxyl groups is 1. The number of benzene rings is 1. The quantitative estimate of drug-likeness (QED) is 0.771. The molecule has 1 aliphatic heterocycles. The van der Waals surface area contributed by atoms with Crippen LogP contribution < -0.4 is 5.32 Å². The van der Waals surface area contributed by atoms with Crippen molar-refractivity contribution in [3.8, 4) is 0 Å². The number of fused-ring (bicyclic) bond motifs is 1. The summed E-state index contributed by atoms with van der Waals surface area (Å²) in [5.74, 6) is -1.27. The summed E-state index contributed by atoms with van der Waals surface area (Å²) in [6, 6.07) is 7.85. The number of rotatable bonds is 4. The number of urea groups is 1. The Hall–Kier alpha value is -2.08. The molecule has 0 spiro atoms. The van der Waals surface area contributed by atoms with Crippen LogP contribution in [0.4, 0.5) is 4.79 Å². The van der Waals surface area contributed by atoms with E-state index in [1.807, 2.05) is 18.2 Å². The average molecular weight is 292 g/mol. The first-order valence-electron chi connectivity index (χ1n) is 7.08. The zero-order valence-electron chi connectivity index (χ0n) is 11.8. The van der Waals surface area contributed by atoms with E-state index < -0.39 is 12.1 Å². The van der Waals surface area contributed by atoms with Crippen LogP contribution in [-0.4, -0.2) is 46.3 Å². The van der Waals surface area contributed by atoms with Gasteiger partial charge in [0.15, 0.2) is 6.10 Å². The second-order valence-electron chi connectivity index (χ2n) is 5.17. The molecular formula is C15H20N2O4. The topological polar surface area (TPSA) is 89.9 Å². The first-order chi connectivity index (χ1) is 10.1. The Balaban J connectivity index is 1.87. The highest BCUT2D eigenvalue weighted by Crippen LogP contribution is 2.18. The lowest BCUT2D eigenvalue weighted by Gasteiger charge is -2.21. The van der Waals surface area contributed by atoms with Gasteiger partial charge < -0.3 is 20.4 Å². The van der Waals surface area contributed by atoms with Crippen molar-refractivity contribution in [2.75, 3.05) is 13.1 Å². The van der Waals surface area contributed by atoms with Crippen LogP contribution in [0, 0.1) is 0 Å². The zero-order valence-corrected chi connectivity index (χ0v) is 11.8. The van der Waals surface area contributed by atoms with E-state index in [9.17, 15) is 9.59 Å². The Labute approximate surface area is 123 Å². The Kier molecular flexibility index (Phi) is 5.16. The molecule has 6 nitrogen and oxygen atoms in total. The van der Waals surface area contributed by atoms with Crippen LogP contribution in [0.25, 0.3) is 0 Å². The maximum atomic E-state index is 12.1. The summed E-state index contributed by atoms with van der Waals surface area (Å²) in [6.45, 7) is 1.37. The summed E-state index contributed by atoms with van der Waals surface area (Å²) in [5, 5.41) is 20.4. The summed E-state index contributed by atoms with van der Waals surface area (Å²) < 4.78 is 0. The summed E-state index contributed by atoms with van der Waals surface area (Å²) in [5.41, 5.74) is 2.42. The SMILES string of the molecule is O=C(O)C(O)CCNC(=O)N1CCCc2ccccc2C1. The third kappa shape index (κ3) is 4.19. The molecule has 0 saturated carbocycles. The van der Waals surface area contributed by atoms with Crippen molar-refractivity contribution in [2.45, 2.75) is 31.9 Å². The minimum absolute atomic E-state index is 0.00546. The van der Waals surface area contributed by atoms with Gasteiger partial charge in [-0.05, 0) is 24.0 Å². The maximum absolute atomic E-state index is 12.1. The molecule has 3 N–H and O–H groups in total. The molecule has 1 unspecified atom stereocenters. The molecule has 114 valence electrons. The number of nitrogens with zero attached hydrogens (tertiary/aromatic N) is 1. The lowest BCUT2D eigenvalue weighted by molar-refractivity contribution is -0.146. The highest BCUT2D eigenvalue weighted by atomic mass is 16.4. The molecule has 0 bridgehead atoms. The third-order valence-corrected chi connectivity index (χ3v) is 3.62. The number of carboxylic acid groups (broad SMARTS) is 1. The fraction of sp³-hybridized carbons (Fsp3) is 0.467. The Morgan fingerprint density at radius 1 is 1.29 bits per heavy atom. The largest absolute Gasteiger partial charge is 0.479 e. The van der Waals surface area contributed by atoms with Gasteiger partial charge in [-0.1, -0.05) is 24.3 Å². The highest BCUT2D eigenvalue weighted by molar-refractivity contribution is 5.75. The van der Waals surface area contributed by atoms with Crippen molar-refractivity contribution in [2.24, 2.45) is 0 Å². The number of carbonyl (C=O) groups is 2. The summed E-state index contributed by atoms with van der Waals surface area (Å²) >= 11 is 0. The van der Waals surface area contributed by atoms with Crippen molar-refractivity contribution in [3.63, 3.8) is 0 Å². The molecule has 1 heterocycles. The summed E-state index contributed by atoms with van der Waals surface area (Å²) in [7, 11) is 0. The lowest BCUT2D eigenvalue weighted by Crippen LogP contribution is -2.41. The number of amides is 2. The van der Waals surface area contributed by atoms with E-state index in [0.717, 1.165) is 18.4 Å². The number of nitrogens with one attached hydrogen (secondary N) is 1. The molecule has 2 amide bonds. The second kappa shape index (κ2) is 7.08. The molecule has 0 aliphatic carbocycles. The number of hydrogen-bond acceptors (Lipinski definition) is 3. The van der Waals surface area contributed by atoms with Gasteiger partial charge in [-0.25, -0.2) is 9.59 Å². The molecule has 1 aliphatic rings. The van der Waals surface area contributed by atoms with Crippen LogP contribution in [-0.2, 0) is 17.8 Å². The molecule has 0 radical (unpaired) electrons. The molecule has 6 heteroatoms. The Morgan fingerprint density at radius 2 is 2.00 bits per heavy atom. The van der Waals surface area contributed by atoms with Gasteiger partial charge in [-0.2, -0.15) is 0 Å². The van der Waals surface area contributed by atoms with Crippen molar-refractivity contribution in [1.29, 1.82) is 0 Å². The van der Waals surface area contributed by atoms with Crippen molar-refractivity contribution in [1.82, 2.24) is 10.2 Å². The molecule has 0 fully saturated rings. The van der Waals surface area contributed by atoms with Crippen LogP contribution in [0.3, 0.4) is 0 Å². The van der Waals surface area contributed by atoms with E-state index >= 15 is 0 Å². The number of aliphatic hydroxyl groups excluding tert-OH is 1. The molecule has 1 aromatic rings. The predicted octanol–water partition coefficient (Wildman–Crippen LogP) is 0.980. The average Bonchev–Trinajstić information content (AvgIpc) is 2.69. The van der Waals surface area contributed by atoms with Crippen LogP contribution in [0.2, 0.25) is 0 Å². The monoisotopic (exact) mass is 292 g/mol. The summed E-state index contributed by atoms with van der Waals surface area (Å²) in [4.78, 5) is 24.3. The van der Waals surface area contributed by atoms with Gasteiger partial charge in [-0.3, -0.25) is 0 Å². The van der Waals surface area contributed by atoms with E-state index in [-0.39, 0.29) is 19.0 Å². The van der Waals surface area contributed by atoms with Gasteiger partial charge in [0.2, 0.25) is 0 Å². The van der Waals surface area contributed by atoms with Crippen molar-refractivity contribution in [3.05, 3.63) is 35.4 Å². The number of aryl methyl sites for hydroxylation is 1. The van der Waals surface area contributed by atoms with E-state index in [1.54, 1.807) is 4.90 Å². The zero-order chi connectivity index (χ0) is 15.2. The van der Waals surface area contributed by atoms with E-state index in [4.69, 9.17) is 10.2 Å². The highest BCUT2D eigenvalue weighted by Gasteiger charge is 2.19. The maximum Gasteiger partial charge on any atom is 0.332 e. The van der Waals surface area contributed by atoms with Crippen LogP contribution in [0.15, 0.2) is 24.3 Å². The predicted molar refractivity (Wildman–Crippen MR) is 76.8 cm³/mol. The minimum atomic E-state index is -1.44. The van der Waals surface area contributed by atoms with E-state index in [1.165, 1.54) is 5.56 Å². The number of aliphatic carboxylic acids is 1. The molecular weight excluding hydrogens is 272 g/mol. The van der Waals surface area contributed by atoms with Crippen LogP contribution in [0.1, 0.15) is 24.0 Å². The third-order valence-electron chi connectivity index (χ3n) is 3.62. The molecule has 1 aromatic carbocycles. The van der Waals surface area contributed by atoms with Gasteiger partial charge in [0, 0.05) is 26.1 Å². The molecule has 1 atom stereocenters. The Bertz CT molecular complexity index is 518. The molecule has 0 aromatic heterocycles. The van der Waals surface area contributed by atoms with Crippen LogP contribution >= 0.6 is 0 Å². The van der Waals surface area contributed by atoms with Gasteiger partial charge in [0.05, 0.1) is 0 Å². The van der Waals surface area contributed by atoms with Crippen molar-refractivity contribution >= 4 is 12.0 Å². The van der Waals surface area contributed by atoms with E-state index in [0.29, 0.717) is 13.1 Å². The normalized spacial score (nSPS) is 15.8. The van der Waals surface area contributed by atoms with Gasteiger partial charge in [0.1, 0.15) is 0 Å². The Morgan fingerprint density at radius 3 is 2.71 bits per heavy atom. The lowest BCUT2D eigenvalue weighted by atomic mass is 10.0. The molecule has 21 heavy (non-hydrogen) atoms. The summed E-state index contributed by atoms with van der Waals surface area (Å²) in [6.07, 6.45) is 0.431. The molecule has 0 saturated heterocycles. The minimum Gasteiger partial charge on any atom is -0.479 e. The van der Waals surface area contributed by atoms with E-state index in [2.05, 4.69) is 11.4 Å².